The van der Waals surface area contributed by atoms with Crippen molar-refractivity contribution in [1.82, 2.24) is 4.98 Å². The van der Waals surface area contributed by atoms with Crippen molar-refractivity contribution in [3.63, 3.8) is 0 Å². The lowest BCUT2D eigenvalue weighted by atomic mass is 10.2. The molecule has 0 aromatic carbocycles. The Balaban J connectivity index is 2.32. The molecule has 1 aromatic rings. The average molecular weight is 221 g/mol. The lowest BCUT2D eigenvalue weighted by Crippen LogP contribution is -2.22. The van der Waals surface area contributed by atoms with Crippen molar-refractivity contribution in [3.8, 4) is 0 Å². The topological polar surface area (TPSA) is 79.5 Å². The van der Waals surface area contributed by atoms with E-state index in [0.29, 0.717) is 17.4 Å². The molecule has 16 heavy (non-hydrogen) atoms. The highest BCUT2D eigenvalue weighted by Gasteiger charge is 2.22. The van der Waals surface area contributed by atoms with Gasteiger partial charge in [-0.3, -0.25) is 0 Å². The van der Waals surface area contributed by atoms with Gasteiger partial charge in [0, 0.05) is 13.1 Å². The van der Waals surface area contributed by atoms with E-state index in [1.807, 2.05) is 4.90 Å². The molecule has 2 rings (SSSR count). The molecule has 0 amide bonds. The number of hydrogen-bond donors (Lipinski definition) is 2. The zero-order valence-electron chi connectivity index (χ0n) is 9.18. The Labute approximate surface area is 93.9 Å². The van der Waals surface area contributed by atoms with Gasteiger partial charge in [0.2, 0.25) is 0 Å². The second kappa shape index (κ2) is 4.00. The van der Waals surface area contributed by atoms with Crippen LogP contribution in [0.25, 0.3) is 0 Å². The predicted octanol–water partition coefficient (Wildman–Crippen LogP) is 1.21. The fourth-order valence-corrected chi connectivity index (χ4v) is 1.96. The quantitative estimate of drug-likeness (QED) is 0.784. The molecule has 0 bridgehead atoms. The second-order valence-corrected chi connectivity index (χ2v) is 4.25. The van der Waals surface area contributed by atoms with Gasteiger partial charge in [-0.2, -0.15) is 0 Å². The smallest absolute Gasteiger partial charge is 0.354 e. The summed E-state index contributed by atoms with van der Waals surface area (Å²) < 4.78 is 0. The van der Waals surface area contributed by atoms with Crippen LogP contribution >= 0.6 is 0 Å². The molecule has 1 unspecified atom stereocenters. The van der Waals surface area contributed by atoms with Crippen LogP contribution in [0.2, 0.25) is 0 Å². The van der Waals surface area contributed by atoms with Crippen molar-refractivity contribution >= 4 is 17.5 Å². The number of carbonyl (C=O) groups is 1. The molecule has 1 saturated heterocycles. The number of carboxylic acids is 1. The maximum atomic E-state index is 10.8. The van der Waals surface area contributed by atoms with E-state index in [0.717, 1.165) is 19.5 Å². The number of aromatic nitrogens is 1. The van der Waals surface area contributed by atoms with Gasteiger partial charge >= 0.3 is 5.97 Å². The van der Waals surface area contributed by atoms with Crippen LogP contribution in [-0.4, -0.2) is 29.1 Å². The molecule has 2 heterocycles. The molecular formula is C11H15N3O2. The third-order valence-electron chi connectivity index (χ3n) is 2.85. The van der Waals surface area contributed by atoms with E-state index in [9.17, 15) is 4.79 Å². The van der Waals surface area contributed by atoms with E-state index >= 15 is 0 Å². The minimum absolute atomic E-state index is 0.0451. The molecule has 5 heteroatoms. The van der Waals surface area contributed by atoms with Crippen molar-refractivity contribution in [2.24, 2.45) is 5.92 Å². The van der Waals surface area contributed by atoms with E-state index in [-0.39, 0.29) is 5.69 Å². The highest BCUT2D eigenvalue weighted by atomic mass is 16.4. The summed E-state index contributed by atoms with van der Waals surface area (Å²) in [7, 11) is 0. The molecule has 5 nitrogen and oxygen atoms in total. The summed E-state index contributed by atoms with van der Waals surface area (Å²) in [4.78, 5) is 17.0. The molecule has 0 spiro atoms. The maximum Gasteiger partial charge on any atom is 0.354 e. The highest BCUT2D eigenvalue weighted by molar-refractivity contribution is 5.87. The molecule has 0 aliphatic carbocycles. The Bertz CT molecular complexity index is 420. The normalized spacial score (nSPS) is 20.1. The Kier molecular flexibility index (Phi) is 2.68. The fourth-order valence-electron chi connectivity index (χ4n) is 1.96. The Morgan fingerprint density at radius 2 is 2.38 bits per heavy atom. The SMILES string of the molecule is CC1CCN(c2nc(C(=O)O)ccc2N)C1. The van der Waals surface area contributed by atoms with Crippen molar-refractivity contribution < 1.29 is 9.90 Å². The summed E-state index contributed by atoms with van der Waals surface area (Å²) in [5.41, 5.74) is 6.40. The number of nitrogen functional groups attached to an aromatic ring is 1. The van der Waals surface area contributed by atoms with Crippen molar-refractivity contribution in [2.45, 2.75) is 13.3 Å². The molecule has 0 radical (unpaired) electrons. The molecule has 1 fully saturated rings. The van der Waals surface area contributed by atoms with Crippen LogP contribution < -0.4 is 10.6 Å². The van der Waals surface area contributed by atoms with Gasteiger partial charge in [-0.1, -0.05) is 6.92 Å². The van der Waals surface area contributed by atoms with E-state index in [4.69, 9.17) is 10.8 Å². The lowest BCUT2D eigenvalue weighted by Gasteiger charge is -2.19. The minimum Gasteiger partial charge on any atom is -0.477 e. The van der Waals surface area contributed by atoms with E-state index in [2.05, 4.69) is 11.9 Å². The van der Waals surface area contributed by atoms with E-state index in [1.165, 1.54) is 6.07 Å². The van der Waals surface area contributed by atoms with Gasteiger partial charge in [0.15, 0.2) is 11.5 Å². The van der Waals surface area contributed by atoms with Crippen LogP contribution in [0.4, 0.5) is 11.5 Å². The van der Waals surface area contributed by atoms with Crippen LogP contribution in [-0.2, 0) is 0 Å². The van der Waals surface area contributed by atoms with Crippen LogP contribution in [0.5, 0.6) is 0 Å². The predicted molar refractivity (Wildman–Crippen MR) is 61.6 cm³/mol. The van der Waals surface area contributed by atoms with Crippen LogP contribution in [0.1, 0.15) is 23.8 Å². The summed E-state index contributed by atoms with van der Waals surface area (Å²) in [6.45, 7) is 3.94. The number of anilines is 2. The van der Waals surface area contributed by atoms with Gasteiger partial charge < -0.3 is 15.7 Å². The number of pyridine rings is 1. The van der Waals surface area contributed by atoms with Gasteiger partial charge in [-0.05, 0) is 24.5 Å². The first-order chi connectivity index (χ1) is 7.58. The molecule has 1 aliphatic heterocycles. The number of nitrogens with zero attached hydrogens (tertiary/aromatic N) is 2. The Morgan fingerprint density at radius 1 is 1.62 bits per heavy atom. The molecule has 3 N–H and O–H groups in total. The van der Waals surface area contributed by atoms with Crippen LogP contribution in [0.15, 0.2) is 12.1 Å². The summed E-state index contributed by atoms with van der Waals surface area (Å²) in [5.74, 6) is 0.187. The van der Waals surface area contributed by atoms with Gasteiger partial charge in [0.25, 0.3) is 0 Å². The van der Waals surface area contributed by atoms with Gasteiger partial charge in [-0.25, -0.2) is 9.78 Å². The lowest BCUT2D eigenvalue weighted by molar-refractivity contribution is 0.0690. The summed E-state index contributed by atoms with van der Waals surface area (Å²) in [5, 5.41) is 8.87. The summed E-state index contributed by atoms with van der Waals surface area (Å²) >= 11 is 0. The molecule has 1 aromatic heterocycles. The first kappa shape index (κ1) is 10.7. The third kappa shape index (κ3) is 1.93. The summed E-state index contributed by atoms with van der Waals surface area (Å²) in [6, 6.07) is 3.04. The number of nitrogens with two attached hydrogens (primary N) is 1. The molecular weight excluding hydrogens is 206 g/mol. The summed E-state index contributed by atoms with van der Waals surface area (Å²) in [6.07, 6.45) is 1.10. The zero-order valence-corrected chi connectivity index (χ0v) is 9.18. The average Bonchev–Trinajstić information content (AvgIpc) is 2.65. The van der Waals surface area contributed by atoms with E-state index < -0.39 is 5.97 Å². The molecule has 1 atom stereocenters. The number of hydrogen-bond acceptors (Lipinski definition) is 4. The number of aromatic carboxylic acids is 1. The maximum absolute atomic E-state index is 10.8. The van der Waals surface area contributed by atoms with Crippen molar-refractivity contribution in [2.75, 3.05) is 23.7 Å². The van der Waals surface area contributed by atoms with Gasteiger partial charge in [-0.15, -0.1) is 0 Å². The van der Waals surface area contributed by atoms with Gasteiger partial charge in [0.05, 0.1) is 5.69 Å². The molecule has 0 saturated carbocycles. The second-order valence-electron chi connectivity index (χ2n) is 4.25. The van der Waals surface area contributed by atoms with E-state index in [1.54, 1.807) is 6.07 Å². The standard InChI is InChI=1S/C11H15N3O2/c1-7-4-5-14(6-7)10-8(12)2-3-9(13-10)11(15)16/h2-3,7H,4-6,12H2,1H3,(H,15,16). The molecule has 86 valence electrons. The minimum atomic E-state index is -1.02. The Hall–Kier alpha value is -1.78. The monoisotopic (exact) mass is 221 g/mol. The first-order valence-corrected chi connectivity index (χ1v) is 5.32. The van der Waals surface area contributed by atoms with Crippen LogP contribution in [0, 0.1) is 5.92 Å². The first-order valence-electron chi connectivity index (χ1n) is 5.32. The highest BCUT2D eigenvalue weighted by Crippen LogP contribution is 2.26. The van der Waals surface area contributed by atoms with Crippen LogP contribution in [0.3, 0.4) is 0 Å². The fraction of sp³-hybridized carbons (Fsp3) is 0.455. The number of rotatable bonds is 2. The zero-order chi connectivity index (χ0) is 11.7. The largest absolute Gasteiger partial charge is 0.477 e. The number of carboxylic acid groups (broad SMARTS) is 1. The van der Waals surface area contributed by atoms with Gasteiger partial charge in [0.1, 0.15) is 0 Å². The Morgan fingerprint density at radius 3 is 2.94 bits per heavy atom. The van der Waals surface area contributed by atoms with Crippen molar-refractivity contribution in [3.05, 3.63) is 17.8 Å². The van der Waals surface area contributed by atoms with Crippen molar-refractivity contribution in [1.29, 1.82) is 0 Å². The third-order valence-corrected chi connectivity index (χ3v) is 2.85. The molecule has 1 aliphatic rings.